The van der Waals surface area contributed by atoms with E-state index in [9.17, 15) is 9.59 Å². The van der Waals surface area contributed by atoms with E-state index in [4.69, 9.17) is 0 Å². The van der Waals surface area contributed by atoms with Crippen molar-refractivity contribution in [3.63, 3.8) is 0 Å². The van der Waals surface area contributed by atoms with Crippen LogP contribution in [0.4, 0.5) is 0 Å². The van der Waals surface area contributed by atoms with Gasteiger partial charge in [0.2, 0.25) is 5.91 Å². The predicted octanol–water partition coefficient (Wildman–Crippen LogP) is 3.53. The van der Waals surface area contributed by atoms with Crippen LogP contribution in [0, 0.1) is 0 Å². The number of carbonyl (C=O) groups is 1. The zero-order valence-electron chi connectivity index (χ0n) is 15.5. The molecule has 0 aliphatic rings. The highest BCUT2D eigenvalue weighted by Gasteiger charge is 2.23. The number of nitrogens with one attached hydrogen (secondary N) is 1. The van der Waals surface area contributed by atoms with Gasteiger partial charge in [0.05, 0.1) is 11.7 Å². The lowest BCUT2D eigenvalue weighted by Gasteiger charge is -2.16. The Hall–Kier alpha value is -2.93. The maximum Gasteiger partial charge on any atom is 0.291 e. The summed E-state index contributed by atoms with van der Waals surface area (Å²) in [5.41, 5.74) is 2.11. The molecule has 0 saturated heterocycles. The second kappa shape index (κ2) is 7.24. The van der Waals surface area contributed by atoms with Crippen molar-refractivity contribution in [1.82, 2.24) is 19.7 Å². The van der Waals surface area contributed by atoms with Crippen LogP contribution in [0.15, 0.2) is 64.0 Å². The molecular formula is C21H19BrN4O2. The number of rotatable bonds is 4. The van der Waals surface area contributed by atoms with Crippen LogP contribution in [0.3, 0.4) is 0 Å². The van der Waals surface area contributed by atoms with Crippen LogP contribution in [0.1, 0.15) is 18.5 Å². The predicted molar refractivity (Wildman–Crippen MR) is 113 cm³/mol. The van der Waals surface area contributed by atoms with Gasteiger partial charge >= 0.3 is 0 Å². The minimum absolute atomic E-state index is 0.151. The Morgan fingerprint density at radius 1 is 1.18 bits per heavy atom. The summed E-state index contributed by atoms with van der Waals surface area (Å²) in [5, 5.41) is 8.78. The van der Waals surface area contributed by atoms with Crippen molar-refractivity contribution in [2.45, 2.75) is 19.5 Å². The van der Waals surface area contributed by atoms with E-state index in [0.29, 0.717) is 12.1 Å². The number of benzene rings is 2. The summed E-state index contributed by atoms with van der Waals surface area (Å²) < 4.78 is 4.07. The maximum atomic E-state index is 12.9. The first kappa shape index (κ1) is 18.4. The minimum Gasteiger partial charge on any atom is -0.350 e. The van der Waals surface area contributed by atoms with Crippen molar-refractivity contribution in [2.24, 2.45) is 7.05 Å². The van der Waals surface area contributed by atoms with Crippen molar-refractivity contribution in [2.75, 3.05) is 0 Å². The van der Waals surface area contributed by atoms with E-state index in [2.05, 4.69) is 26.3 Å². The monoisotopic (exact) mass is 438 g/mol. The van der Waals surface area contributed by atoms with E-state index in [-0.39, 0.29) is 11.5 Å². The Kier molecular flexibility index (Phi) is 4.77. The third-order valence-corrected chi connectivity index (χ3v) is 5.42. The number of hydrogen-bond acceptors (Lipinski definition) is 3. The molecule has 0 unspecified atom stereocenters. The average Bonchev–Trinajstić information content (AvgIpc) is 3.03. The summed E-state index contributed by atoms with van der Waals surface area (Å²) in [5.74, 6) is -0.151. The van der Waals surface area contributed by atoms with Gasteiger partial charge in [-0.2, -0.15) is 5.10 Å². The summed E-state index contributed by atoms with van der Waals surface area (Å²) in [7, 11) is 1.61. The first-order valence-corrected chi connectivity index (χ1v) is 9.74. The third kappa shape index (κ3) is 3.11. The molecule has 0 spiro atoms. The first-order valence-electron chi connectivity index (χ1n) is 8.94. The number of fused-ring (bicyclic) bond motifs is 3. The van der Waals surface area contributed by atoms with E-state index >= 15 is 0 Å². The number of nitrogens with zero attached hydrogens (tertiary/aromatic N) is 3. The minimum atomic E-state index is -0.551. The highest BCUT2D eigenvalue weighted by molar-refractivity contribution is 9.10. The van der Waals surface area contributed by atoms with Gasteiger partial charge in [0, 0.05) is 28.8 Å². The van der Waals surface area contributed by atoms with Gasteiger partial charge in [-0.15, -0.1) is 0 Å². The van der Waals surface area contributed by atoms with Crippen LogP contribution in [0.5, 0.6) is 0 Å². The van der Waals surface area contributed by atoms with Crippen molar-refractivity contribution in [1.29, 1.82) is 0 Å². The fraction of sp³-hybridized carbons (Fsp3) is 0.190. The molecule has 7 heteroatoms. The Balaban J connectivity index is 1.75. The molecule has 0 fully saturated rings. The topological polar surface area (TPSA) is 68.9 Å². The molecule has 0 saturated carbocycles. The summed E-state index contributed by atoms with van der Waals surface area (Å²) in [6.45, 7) is 2.22. The fourth-order valence-electron chi connectivity index (χ4n) is 3.49. The lowest BCUT2D eigenvalue weighted by atomic mass is 10.2. The summed E-state index contributed by atoms with van der Waals surface area (Å²) in [4.78, 5) is 25.7. The molecule has 2 aromatic carbocycles. The molecule has 28 heavy (non-hydrogen) atoms. The van der Waals surface area contributed by atoms with E-state index in [1.54, 1.807) is 13.2 Å². The SMILES string of the molecule is C[C@@H](C(=O)NCc1cccc(Br)c1)n1c2ccccc2c2cnn(C)c(=O)c21. The van der Waals surface area contributed by atoms with Gasteiger partial charge in [-0.3, -0.25) is 9.59 Å². The lowest BCUT2D eigenvalue weighted by molar-refractivity contribution is -0.123. The van der Waals surface area contributed by atoms with Crippen molar-refractivity contribution in [3.05, 3.63) is 75.1 Å². The van der Waals surface area contributed by atoms with Crippen molar-refractivity contribution < 1.29 is 4.79 Å². The molecule has 0 bridgehead atoms. The first-order chi connectivity index (χ1) is 13.5. The van der Waals surface area contributed by atoms with E-state index in [1.165, 1.54) is 4.68 Å². The Bertz CT molecular complexity index is 1260. The molecule has 2 aromatic heterocycles. The van der Waals surface area contributed by atoms with E-state index < -0.39 is 6.04 Å². The maximum absolute atomic E-state index is 12.9. The Labute approximate surface area is 169 Å². The van der Waals surface area contributed by atoms with Gasteiger partial charge < -0.3 is 9.88 Å². The fourth-order valence-corrected chi connectivity index (χ4v) is 3.94. The summed E-state index contributed by atoms with van der Waals surface area (Å²) in [6, 6.07) is 14.9. The Morgan fingerprint density at radius 2 is 1.96 bits per heavy atom. The van der Waals surface area contributed by atoms with Gasteiger partial charge in [0.15, 0.2) is 0 Å². The normalized spacial score (nSPS) is 12.4. The van der Waals surface area contributed by atoms with Crippen LogP contribution < -0.4 is 10.9 Å². The van der Waals surface area contributed by atoms with Crippen LogP contribution >= 0.6 is 15.9 Å². The van der Waals surface area contributed by atoms with Crippen LogP contribution in [0.2, 0.25) is 0 Å². The van der Waals surface area contributed by atoms with Gasteiger partial charge in [-0.05, 0) is 30.7 Å². The molecule has 1 atom stereocenters. The summed E-state index contributed by atoms with van der Waals surface area (Å²) >= 11 is 3.44. The number of amides is 1. The molecule has 0 radical (unpaired) electrons. The molecule has 2 heterocycles. The Morgan fingerprint density at radius 3 is 2.75 bits per heavy atom. The molecule has 4 aromatic rings. The van der Waals surface area contributed by atoms with Crippen LogP contribution in [0.25, 0.3) is 21.8 Å². The largest absolute Gasteiger partial charge is 0.350 e. The molecule has 142 valence electrons. The third-order valence-electron chi connectivity index (χ3n) is 4.93. The molecule has 0 aliphatic carbocycles. The van der Waals surface area contributed by atoms with Crippen LogP contribution in [-0.4, -0.2) is 20.3 Å². The molecule has 1 amide bonds. The van der Waals surface area contributed by atoms with E-state index in [0.717, 1.165) is 26.3 Å². The number of para-hydroxylation sites is 1. The highest BCUT2D eigenvalue weighted by atomic mass is 79.9. The zero-order valence-corrected chi connectivity index (χ0v) is 17.1. The van der Waals surface area contributed by atoms with Crippen LogP contribution in [-0.2, 0) is 18.4 Å². The smallest absolute Gasteiger partial charge is 0.291 e. The number of carbonyl (C=O) groups excluding carboxylic acids is 1. The molecule has 1 N–H and O–H groups in total. The standard InChI is InChI=1S/C21H19BrN4O2/c1-13(20(27)23-11-14-6-5-7-15(22)10-14)26-18-9-4-3-8-16(18)17-12-24-25(2)21(28)19(17)26/h3-10,12-13H,11H2,1-2H3,(H,23,27)/t13-/m0/s1. The van der Waals surface area contributed by atoms with Gasteiger partial charge in [0.25, 0.3) is 5.56 Å². The van der Waals surface area contributed by atoms with Crippen molar-refractivity contribution >= 4 is 43.6 Å². The molecular weight excluding hydrogens is 420 g/mol. The number of hydrogen-bond donors (Lipinski definition) is 1. The lowest BCUT2D eigenvalue weighted by Crippen LogP contribution is -2.32. The zero-order chi connectivity index (χ0) is 19.8. The van der Waals surface area contributed by atoms with Gasteiger partial charge in [-0.1, -0.05) is 46.3 Å². The number of aryl methyl sites for hydroxylation is 1. The van der Waals surface area contributed by atoms with Gasteiger partial charge in [-0.25, -0.2) is 4.68 Å². The van der Waals surface area contributed by atoms with Crippen molar-refractivity contribution in [3.8, 4) is 0 Å². The average molecular weight is 439 g/mol. The summed E-state index contributed by atoms with van der Waals surface area (Å²) in [6.07, 6.45) is 1.68. The van der Waals surface area contributed by atoms with E-state index in [1.807, 2.05) is 60.0 Å². The molecule has 0 aliphatic heterocycles. The van der Waals surface area contributed by atoms with Gasteiger partial charge in [0.1, 0.15) is 11.6 Å². The quantitative estimate of drug-likeness (QED) is 0.529. The number of aromatic nitrogens is 3. The highest BCUT2D eigenvalue weighted by Crippen LogP contribution is 2.29. The second-order valence-corrected chi connectivity index (χ2v) is 7.66. The molecule has 4 rings (SSSR count). The number of halogens is 1. The second-order valence-electron chi connectivity index (χ2n) is 6.75. The molecule has 6 nitrogen and oxygen atoms in total.